The summed E-state index contributed by atoms with van der Waals surface area (Å²) in [5, 5.41) is 2.45. The van der Waals surface area contributed by atoms with Crippen molar-refractivity contribution < 1.29 is 18.0 Å². The van der Waals surface area contributed by atoms with Gasteiger partial charge in [0.2, 0.25) is 11.8 Å². The molecule has 1 unspecified atom stereocenters. The van der Waals surface area contributed by atoms with Crippen molar-refractivity contribution >= 4 is 21.7 Å². The quantitative estimate of drug-likeness (QED) is 0.700. The number of carbonyl (C=O) groups excluding carboxylic acids is 2. The van der Waals surface area contributed by atoms with Crippen molar-refractivity contribution in [2.24, 2.45) is 0 Å². The van der Waals surface area contributed by atoms with Crippen LogP contribution in [0.3, 0.4) is 0 Å². The van der Waals surface area contributed by atoms with Crippen LogP contribution in [0, 0.1) is 0 Å². The molecule has 17 heavy (non-hydrogen) atoms. The highest BCUT2D eigenvalue weighted by molar-refractivity contribution is 7.91. The van der Waals surface area contributed by atoms with E-state index in [1.54, 1.807) is 13.8 Å². The zero-order valence-electron chi connectivity index (χ0n) is 10.1. The summed E-state index contributed by atoms with van der Waals surface area (Å²) in [5.41, 5.74) is 0. The molecule has 1 saturated heterocycles. The monoisotopic (exact) mass is 262 g/mol. The highest BCUT2D eigenvalue weighted by Crippen LogP contribution is 2.06. The maximum atomic E-state index is 11.5. The van der Waals surface area contributed by atoms with Gasteiger partial charge in [0.05, 0.1) is 12.3 Å². The molecule has 0 aliphatic carbocycles. The number of nitrogens with zero attached hydrogens (tertiary/aromatic N) is 1. The van der Waals surface area contributed by atoms with Crippen LogP contribution in [0.2, 0.25) is 0 Å². The minimum atomic E-state index is -3.12. The van der Waals surface area contributed by atoms with Crippen molar-refractivity contribution in [1.29, 1.82) is 0 Å². The molecular formula is C10H18N2O4S. The van der Waals surface area contributed by atoms with Crippen LogP contribution < -0.4 is 5.32 Å². The molecule has 0 aromatic heterocycles. The van der Waals surface area contributed by atoms with Gasteiger partial charge in [0, 0.05) is 12.3 Å². The second-order valence-corrected chi connectivity index (χ2v) is 6.44. The average Bonchev–Trinajstić information content (AvgIpc) is 2.23. The Morgan fingerprint density at radius 1 is 1.35 bits per heavy atom. The largest absolute Gasteiger partial charge is 0.345 e. The molecule has 1 rings (SSSR count). The molecule has 0 spiro atoms. The number of sulfone groups is 1. The van der Waals surface area contributed by atoms with Crippen molar-refractivity contribution in [2.45, 2.75) is 26.3 Å². The molecule has 0 aromatic carbocycles. The lowest BCUT2D eigenvalue weighted by molar-refractivity contribution is -0.144. The van der Waals surface area contributed by atoms with E-state index in [-0.39, 0.29) is 36.4 Å². The summed E-state index contributed by atoms with van der Waals surface area (Å²) >= 11 is 0. The number of hydrogen-bond acceptors (Lipinski definition) is 4. The van der Waals surface area contributed by atoms with Crippen LogP contribution >= 0.6 is 0 Å². The van der Waals surface area contributed by atoms with Gasteiger partial charge in [-0.05, 0) is 13.3 Å². The molecule has 7 heteroatoms. The smallest absolute Gasteiger partial charge is 0.242 e. The lowest BCUT2D eigenvalue weighted by atomic mass is 10.2. The number of nitrogens with one attached hydrogen (secondary N) is 1. The predicted molar refractivity (Wildman–Crippen MR) is 63.1 cm³/mol. The van der Waals surface area contributed by atoms with E-state index in [9.17, 15) is 18.0 Å². The molecule has 98 valence electrons. The number of hydrogen-bond donors (Lipinski definition) is 1. The fourth-order valence-corrected chi connectivity index (χ4v) is 3.04. The Labute approximate surface area is 101 Å². The summed E-state index contributed by atoms with van der Waals surface area (Å²) in [4.78, 5) is 24.2. The first kappa shape index (κ1) is 14.0. The Kier molecular flexibility index (Phi) is 4.50. The van der Waals surface area contributed by atoms with Gasteiger partial charge >= 0.3 is 0 Å². The van der Waals surface area contributed by atoms with Gasteiger partial charge in [-0.3, -0.25) is 9.59 Å². The molecule has 1 fully saturated rings. The Morgan fingerprint density at radius 3 is 2.59 bits per heavy atom. The fraction of sp³-hybridized carbons (Fsp3) is 0.800. The summed E-state index contributed by atoms with van der Waals surface area (Å²) in [6.07, 6.45) is 0.562. The first-order valence-electron chi connectivity index (χ1n) is 5.65. The molecule has 2 amide bonds. The minimum Gasteiger partial charge on any atom is -0.345 e. The molecule has 0 radical (unpaired) electrons. The van der Waals surface area contributed by atoms with Gasteiger partial charge in [0.25, 0.3) is 0 Å². The van der Waals surface area contributed by atoms with Gasteiger partial charge in [-0.25, -0.2) is 8.42 Å². The molecule has 1 heterocycles. The summed E-state index contributed by atoms with van der Waals surface area (Å²) in [5.74, 6) is -0.430. The molecule has 0 bridgehead atoms. The van der Waals surface area contributed by atoms with E-state index in [1.165, 1.54) is 4.90 Å². The van der Waals surface area contributed by atoms with Gasteiger partial charge in [-0.15, -0.1) is 0 Å². The number of piperazine rings is 1. The maximum Gasteiger partial charge on any atom is 0.242 e. The van der Waals surface area contributed by atoms with Gasteiger partial charge in [-0.1, -0.05) is 6.92 Å². The second kappa shape index (κ2) is 5.48. The molecule has 1 aliphatic heterocycles. The molecule has 0 saturated carbocycles. The zero-order valence-corrected chi connectivity index (χ0v) is 10.9. The van der Waals surface area contributed by atoms with Crippen LogP contribution in [0.25, 0.3) is 0 Å². The number of amides is 2. The summed E-state index contributed by atoms with van der Waals surface area (Å²) in [6.45, 7) is 3.44. The lowest BCUT2D eigenvalue weighted by Crippen LogP contribution is -2.58. The van der Waals surface area contributed by atoms with E-state index in [1.807, 2.05) is 0 Å². The first-order chi connectivity index (χ1) is 7.87. The Hall–Kier alpha value is -1.11. The van der Waals surface area contributed by atoms with Gasteiger partial charge in [-0.2, -0.15) is 0 Å². The van der Waals surface area contributed by atoms with E-state index in [0.717, 1.165) is 0 Å². The highest BCUT2D eigenvalue weighted by Gasteiger charge is 2.31. The topological polar surface area (TPSA) is 83.6 Å². The third-order valence-electron chi connectivity index (χ3n) is 2.74. The minimum absolute atomic E-state index is 0.0446. The standard InChI is InChI=1S/C10H18N2O4S/c1-3-5-17(15,16)6-4-12-8(2)10(14)11-7-9(12)13/h8H,3-7H2,1-2H3,(H,11,14). The second-order valence-electron chi connectivity index (χ2n) is 4.13. The number of rotatable bonds is 5. The normalized spacial score (nSPS) is 21.5. The average molecular weight is 262 g/mol. The van der Waals surface area contributed by atoms with Gasteiger partial charge in [0.15, 0.2) is 9.84 Å². The molecule has 6 nitrogen and oxygen atoms in total. The van der Waals surface area contributed by atoms with Crippen molar-refractivity contribution in [3.63, 3.8) is 0 Å². The third-order valence-corrected chi connectivity index (χ3v) is 4.57. The van der Waals surface area contributed by atoms with Crippen LogP contribution in [-0.4, -0.2) is 55.8 Å². The van der Waals surface area contributed by atoms with E-state index >= 15 is 0 Å². The zero-order chi connectivity index (χ0) is 13.1. The molecule has 0 aromatic rings. The predicted octanol–water partition coefficient (Wildman–Crippen LogP) is -0.842. The van der Waals surface area contributed by atoms with Crippen molar-refractivity contribution in [3.8, 4) is 0 Å². The Bertz CT molecular complexity index is 405. The van der Waals surface area contributed by atoms with Gasteiger partial charge in [0.1, 0.15) is 6.04 Å². The van der Waals surface area contributed by atoms with E-state index in [0.29, 0.717) is 6.42 Å². The van der Waals surface area contributed by atoms with Gasteiger partial charge < -0.3 is 10.2 Å². The Balaban J connectivity index is 2.61. The highest BCUT2D eigenvalue weighted by atomic mass is 32.2. The first-order valence-corrected chi connectivity index (χ1v) is 7.47. The van der Waals surface area contributed by atoms with E-state index in [2.05, 4.69) is 5.32 Å². The molecular weight excluding hydrogens is 244 g/mol. The SMILES string of the molecule is CCCS(=O)(=O)CCN1C(=O)CNC(=O)C1C. The maximum absolute atomic E-state index is 11.5. The van der Waals surface area contributed by atoms with Crippen LogP contribution in [-0.2, 0) is 19.4 Å². The molecule has 1 N–H and O–H groups in total. The Morgan fingerprint density at radius 2 is 2.00 bits per heavy atom. The van der Waals surface area contributed by atoms with Crippen molar-refractivity contribution in [1.82, 2.24) is 10.2 Å². The van der Waals surface area contributed by atoms with Crippen LogP contribution in [0.5, 0.6) is 0 Å². The van der Waals surface area contributed by atoms with E-state index in [4.69, 9.17) is 0 Å². The summed E-state index contributed by atoms with van der Waals surface area (Å²) in [6, 6.07) is -0.590. The van der Waals surface area contributed by atoms with E-state index < -0.39 is 15.9 Å². The third kappa shape index (κ3) is 3.69. The van der Waals surface area contributed by atoms with Crippen LogP contribution in [0.15, 0.2) is 0 Å². The summed E-state index contributed by atoms with van der Waals surface area (Å²) < 4.78 is 23.1. The van der Waals surface area contributed by atoms with Crippen molar-refractivity contribution in [2.75, 3.05) is 24.6 Å². The molecule has 1 atom stereocenters. The summed E-state index contributed by atoms with van der Waals surface area (Å²) in [7, 11) is -3.12. The number of carbonyl (C=O) groups is 2. The van der Waals surface area contributed by atoms with Crippen LogP contribution in [0.4, 0.5) is 0 Å². The van der Waals surface area contributed by atoms with Crippen molar-refractivity contribution in [3.05, 3.63) is 0 Å². The lowest BCUT2D eigenvalue weighted by Gasteiger charge is -2.32. The fourth-order valence-electron chi connectivity index (χ4n) is 1.74. The molecule has 1 aliphatic rings. The van der Waals surface area contributed by atoms with Crippen LogP contribution in [0.1, 0.15) is 20.3 Å².